The Morgan fingerprint density at radius 3 is 2.83 bits per heavy atom. The van der Waals surface area contributed by atoms with E-state index in [0.29, 0.717) is 36.2 Å². The van der Waals surface area contributed by atoms with Crippen molar-refractivity contribution < 1.29 is 19.1 Å². The summed E-state index contributed by atoms with van der Waals surface area (Å²) in [6.07, 6.45) is 5.82. The molecule has 0 spiro atoms. The molecule has 0 amide bonds. The molecule has 1 aliphatic rings. The minimum atomic E-state index is -0.533. The van der Waals surface area contributed by atoms with Crippen LogP contribution in [0.5, 0.6) is 11.5 Å². The molecule has 4 rings (SSSR count). The molecule has 2 atom stereocenters. The molecular weight excluding hydrogens is 386 g/mol. The van der Waals surface area contributed by atoms with Crippen molar-refractivity contribution in [1.82, 2.24) is 24.8 Å². The van der Waals surface area contributed by atoms with E-state index in [2.05, 4.69) is 20.1 Å². The predicted octanol–water partition coefficient (Wildman–Crippen LogP) is 2.58. The molecule has 9 nitrogen and oxygen atoms in total. The lowest BCUT2D eigenvalue weighted by Crippen LogP contribution is -2.30. The van der Waals surface area contributed by atoms with E-state index in [-0.39, 0.29) is 6.04 Å². The lowest BCUT2D eigenvalue weighted by Gasteiger charge is -2.24. The van der Waals surface area contributed by atoms with Crippen molar-refractivity contribution in [2.45, 2.75) is 38.0 Å². The van der Waals surface area contributed by atoms with Gasteiger partial charge in [0.25, 0.3) is 0 Å². The highest BCUT2D eigenvalue weighted by Gasteiger charge is 2.29. The molecule has 1 fully saturated rings. The number of ether oxygens (including phenoxy) is 2. The van der Waals surface area contributed by atoms with Gasteiger partial charge in [0, 0.05) is 30.4 Å². The molecule has 30 heavy (non-hydrogen) atoms. The van der Waals surface area contributed by atoms with Crippen LogP contribution in [0.3, 0.4) is 0 Å². The molecule has 160 valence electrons. The van der Waals surface area contributed by atoms with E-state index in [0.717, 1.165) is 30.5 Å². The van der Waals surface area contributed by atoms with E-state index < -0.39 is 6.10 Å². The smallest absolute Gasteiger partial charge is 0.241 e. The first-order chi connectivity index (χ1) is 14.6. The van der Waals surface area contributed by atoms with Gasteiger partial charge in [0.1, 0.15) is 0 Å². The number of hydrogen-bond donors (Lipinski definition) is 1. The second-order valence-corrected chi connectivity index (χ2v) is 7.55. The standard InChI is InChI=1S/C21H27N5O4/c1-25-12-15(11-22-25)17(27)10-16-5-4-8-26(16)13-20-23-21(24-30-20)14-6-7-18(28-2)19(9-14)29-3/h6-7,9,11-12,16-17,27H,4-5,8,10,13H2,1-3H3/t16-,17+/m1/s1. The normalized spacial score (nSPS) is 17.9. The number of likely N-dealkylation sites (tertiary alicyclic amines) is 1. The summed E-state index contributed by atoms with van der Waals surface area (Å²) in [5.74, 6) is 2.34. The zero-order valence-electron chi connectivity index (χ0n) is 17.5. The van der Waals surface area contributed by atoms with E-state index in [1.807, 2.05) is 31.4 Å². The minimum Gasteiger partial charge on any atom is -0.493 e. The molecule has 1 aromatic carbocycles. The van der Waals surface area contributed by atoms with Crippen LogP contribution in [0, 0.1) is 0 Å². The summed E-state index contributed by atoms with van der Waals surface area (Å²) in [5.41, 5.74) is 1.64. The summed E-state index contributed by atoms with van der Waals surface area (Å²) in [6, 6.07) is 5.78. The fourth-order valence-corrected chi connectivity index (χ4v) is 3.96. The minimum absolute atomic E-state index is 0.261. The third kappa shape index (κ3) is 4.31. The van der Waals surface area contributed by atoms with Crippen molar-refractivity contribution in [2.75, 3.05) is 20.8 Å². The molecule has 9 heteroatoms. The fraction of sp³-hybridized carbons (Fsp3) is 0.476. The lowest BCUT2D eigenvalue weighted by atomic mass is 10.0. The fourth-order valence-electron chi connectivity index (χ4n) is 3.96. The molecular formula is C21H27N5O4. The highest BCUT2D eigenvalue weighted by Crippen LogP contribution is 2.32. The van der Waals surface area contributed by atoms with E-state index in [9.17, 15) is 5.11 Å². The van der Waals surface area contributed by atoms with Gasteiger partial charge in [-0.3, -0.25) is 9.58 Å². The van der Waals surface area contributed by atoms with Crippen molar-refractivity contribution in [3.63, 3.8) is 0 Å². The van der Waals surface area contributed by atoms with Gasteiger partial charge < -0.3 is 19.1 Å². The second kappa shape index (κ2) is 8.85. The first-order valence-corrected chi connectivity index (χ1v) is 10.0. The average Bonchev–Trinajstić information content (AvgIpc) is 3.50. The van der Waals surface area contributed by atoms with Crippen LogP contribution in [0.25, 0.3) is 11.4 Å². The summed E-state index contributed by atoms with van der Waals surface area (Å²) in [4.78, 5) is 6.86. The van der Waals surface area contributed by atoms with Crippen molar-refractivity contribution >= 4 is 0 Å². The number of rotatable bonds is 8. The van der Waals surface area contributed by atoms with Gasteiger partial charge in [-0.2, -0.15) is 10.1 Å². The van der Waals surface area contributed by atoms with Gasteiger partial charge in [-0.1, -0.05) is 5.16 Å². The van der Waals surface area contributed by atoms with Gasteiger partial charge in [0.2, 0.25) is 11.7 Å². The Kier molecular flexibility index (Phi) is 6.01. The molecule has 0 saturated carbocycles. The van der Waals surface area contributed by atoms with Gasteiger partial charge in [-0.15, -0.1) is 0 Å². The molecule has 0 unspecified atom stereocenters. The summed E-state index contributed by atoms with van der Waals surface area (Å²) >= 11 is 0. The van der Waals surface area contributed by atoms with Crippen molar-refractivity contribution in [3.8, 4) is 22.9 Å². The first kappa shape index (κ1) is 20.4. The van der Waals surface area contributed by atoms with Gasteiger partial charge in [0.15, 0.2) is 11.5 Å². The summed E-state index contributed by atoms with van der Waals surface area (Å²) in [5, 5.41) is 18.8. The summed E-state index contributed by atoms with van der Waals surface area (Å²) in [7, 11) is 5.04. The Bertz CT molecular complexity index is 985. The highest BCUT2D eigenvalue weighted by molar-refractivity contribution is 5.60. The number of aliphatic hydroxyl groups is 1. The van der Waals surface area contributed by atoms with Crippen LogP contribution in [0.2, 0.25) is 0 Å². The molecule has 0 bridgehead atoms. The van der Waals surface area contributed by atoms with E-state index in [1.165, 1.54) is 0 Å². The van der Waals surface area contributed by atoms with Crippen LogP contribution in [0.4, 0.5) is 0 Å². The Balaban J connectivity index is 1.42. The quantitative estimate of drug-likeness (QED) is 0.602. The lowest BCUT2D eigenvalue weighted by molar-refractivity contribution is 0.112. The SMILES string of the molecule is COc1ccc(-c2noc(CN3CCC[C@@H]3C[C@H](O)c3cnn(C)c3)n2)cc1OC. The maximum atomic E-state index is 10.6. The van der Waals surface area contributed by atoms with Crippen LogP contribution >= 0.6 is 0 Å². The van der Waals surface area contributed by atoms with Gasteiger partial charge in [0.05, 0.1) is 33.1 Å². The second-order valence-electron chi connectivity index (χ2n) is 7.55. The van der Waals surface area contributed by atoms with Crippen molar-refractivity contribution in [2.24, 2.45) is 7.05 Å². The zero-order valence-corrected chi connectivity index (χ0v) is 17.5. The predicted molar refractivity (Wildman–Crippen MR) is 109 cm³/mol. The van der Waals surface area contributed by atoms with E-state index in [1.54, 1.807) is 25.1 Å². The zero-order chi connectivity index (χ0) is 21.1. The molecule has 3 heterocycles. The van der Waals surface area contributed by atoms with E-state index in [4.69, 9.17) is 14.0 Å². The number of methoxy groups -OCH3 is 2. The van der Waals surface area contributed by atoms with Crippen LogP contribution in [0.15, 0.2) is 35.1 Å². The monoisotopic (exact) mass is 413 g/mol. The van der Waals surface area contributed by atoms with Gasteiger partial charge in [-0.25, -0.2) is 0 Å². The molecule has 0 radical (unpaired) electrons. The van der Waals surface area contributed by atoms with Crippen LogP contribution in [-0.4, -0.2) is 56.7 Å². The highest BCUT2D eigenvalue weighted by atomic mass is 16.5. The molecule has 3 aromatic rings. The number of hydrogen-bond acceptors (Lipinski definition) is 8. The average molecular weight is 413 g/mol. The molecule has 1 aliphatic heterocycles. The maximum absolute atomic E-state index is 10.6. The van der Waals surface area contributed by atoms with Crippen LogP contribution in [-0.2, 0) is 13.6 Å². The Labute approximate surface area is 175 Å². The van der Waals surface area contributed by atoms with Gasteiger partial charge >= 0.3 is 0 Å². The Morgan fingerprint density at radius 2 is 2.10 bits per heavy atom. The third-order valence-electron chi connectivity index (χ3n) is 5.55. The molecule has 1 N–H and O–H groups in total. The number of aryl methyl sites for hydroxylation is 1. The first-order valence-electron chi connectivity index (χ1n) is 10.0. The number of aromatic nitrogens is 4. The van der Waals surface area contributed by atoms with Crippen molar-refractivity contribution in [3.05, 3.63) is 42.0 Å². The Morgan fingerprint density at radius 1 is 1.27 bits per heavy atom. The molecule has 0 aliphatic carbocycles. The third-order valence-corrected chi connectivity index (χ3v) is 5.55. The number of nitrogens with zero attached hydrogens (tertiary/aromatic N) is 5. The summed E-state index contributed by atoms with van der Waals surface area (Å²) in [6.45, 7) is 1.50. The van der Waals surface area contributed by atoms with E-state index >= 15 is 0 Å². The molecule has 1 saturated heterocycles. The topological polar surface area (TPSA) is 98.7 Å². The van der Waals surface area contributed by atoms with Crippen molar-refractivity contribution in [1.29, 1.82) is 0 Å². The van der Waals surface area contributed by atoms with Crippen LogP contribution < -0.4 is 9.47 Å². The Hall–Kier alpha value is -2.91. The maximum Gasteiger partial charge on any atom is 0.241 e. The van der Waals surface area contributed by atoms with Crippen LogP contribution in [0.1, 0.15) is 36.8 Å². The number of benzene rings is 1. The van der Waals surface area contributed by atoms with Gasteiger partial charge in [-0.05, 0) is 44.0 Å². The number of aliphatic hydroxyl groups excluding tert-OH is 1. The molecule has 2 aromatic heterocycles. The summed E-state index contributed by atoms with van der Waals surface area (Å²) < 4.78 is 17.8. The largest absolute Gasteiger partial charge is 0.493 e.